The first-order chi connectivity index (χ1) is 9.24. The number of hydrogen-bond acceptors (Lipinski definition) is 2. The minimum Gasteiger partial charge on any atom is -0.354 e. The van der Waals surface area contributed by atoms with Crippen LogP contribution in [-0.2, 0) is 9.59 Å². The molecule has 3 rings (SSSR count). The predicted octanol–water partition coefficient (Wildman–Crippen LogP) is 1.54. The van der Waals surface area contributed by atoms with Gasteiger partial charge in [-0.1, -0.05) is 30.3 Å². The summed E-state index contributed by atoms with van der Waals surface area (Å²) in [4.78, 5) is 25.1. The first-order valence-corrected chi connectivity index (χ1v) is 6.58. The second-order valence-electron chi connectivity index (χ2n) is 4.99. The number of rotatable bonds is 2. The highest BCUT2D eigenvalue weighted by atomic mass is 16.2. The predicted molar refractivity (Wildman–Crippen MR) is 71.9 cm³/mol. The Bertz CT molecular complexity index is 526. The van der Waals surface area contributed by atoms with Gasteiger partial charge in [-0.25, -0.2) is 0 Å². The zero-order chi connectivity index (χ0) is 13.2. The molecular formula is C15H16N2O2. The number of amides is 2. The molecule has 0 spiro atoms. The summed E-state index contributed by atoms with van der Waals surface area (Å²) >= 11 is 0. The highest BCUT2D eigenvalue weighted by Gasteiger charge is 2.31. The van der Waals surface area contributed by atoms with Gasteiger partial charge < -0.3 is 10.2 Å². The minimum atomic E-state index is 0.0789. The second kappa shape index (κ2) is 4.88. The molecule has 1 fully saturated rings. The summed E-state index contributed by atoms with van der Waals surface area (Å²) in [5.41, 5.74) is 2.15. The summed E-state index contributed by atoms with van der Waals surface area (Å²) in [6.07, 6.45) is 3.65. The van der Waals surface area contributed by atoms with E-state index >= 15 is 0 Å². The molecule has 4 heteroatoms. The van der Waals surface area contributed by atoms with E-state index in [1.807, 2.05) is 36.5 Å². The van der Waals surface area contributed by atoms with E-state index in [0.717, 1.165) is 17.6 Å². The Labute approximate surface area is 112 Å². The molecule has 1 aromatic carbocycles. The number of nitrogens with one attached hydrogen (secondary N) is 1. The Morgan fingerprint density at radius 1 is 1.16 bits per heavy atom. The van der Waals surface area contributed by atoms with Crippen LogP contribution in [0.3, 0.4) is 0 Å². The minimum absolute atomic E-state index is 0.0789. The molecule has 98 valence electrons. The maximum Gasteiger partial charge on any atom is 0.231 e. The number of nitrogens with zero attached hydrogens (tertiary/aromatic N) is 1. The third-order valence-electron chi connectivity index (χ3n) is 3.70. The Morgan fingerprint density at radius 2 is 1.95 bits per heavy atom. The van der Waals surface area contributed by atoms with E-state index < -0.39 is 0 Å². The van der Waals surface area contributed by atoms with Crippen molar-refractivity contribution in [3.63, 3.8) is 0 Å². The number of piperidine rings is 1. The lowest BCUT2D eigenvalue weighted by atomic mass is 10.1. The van der Waals surface area contributed by atoms with Crippen LogP contribution in [-0.4, -0.2) is 29.3 Å². The molecule has 0 aromatic heterocycles. The van der Waals surface area contributed by atoms with Crippen molar-refractivity contribution in [2.24, 2.45) is 0 Å². The van der Waals surface area contributed by atoms with Gasteiger partial charge in [-0.2, -0.15) is 0 Å². The van der Waals surface area contributed by atoms with Crippen LogP contribution < -0.4 is 5.32 Å². The van der Waals surface area contributed by atoms with Crippen LogP contribution in [0.4, 0.5) is 0 Å². The van der Waals surface area contributed by atoms with Gasteiger partial charge in [0, 0.05) is 19.2 Å². The Morgan fingerprint density at radius 3 is 2.63 bits per heavy atom. The lowest BCUT2D eigenvalue weighted by molar-refractivity contribution is -0.131. The standard InChI is InChI=1S/C15H16N2O2/c18-14-7-6-13(9-16-14)17-10-12(8-15(17)19)11-4-2-1-3-5-11/h1-5,10,13H,6-9H2,(H,16,18). The fraction of sp³-hybridized carbons (Fsp3) is 0.333. The monoisotopic (exact) mass is 256 g/mol. The molecule has 1 saturated heterocycles. The molecule has 4 nitrogen and oxygen atoms in total. The molecule has 1 unspecified atom stereocenters. The van der Waals surface area contributed by atoms with Gasteiger partial charge in [0.2, 0.25) is 11.8 Å². The van der Waals surface area contributed by atoms with E-state index in [-0.39, 0.29) is 17.9 Å². The van der Waals surface area contributed by atoms with Crippen molar-refractivity contribution in [3.8, 4) is 0 Å². The van der Waals surface area contributed by atoms with E-state index in [9.17, 15) is 9.59 Å². The second-order valence-corrected chi connectivity index (χ2v) is 4.99. The lowest BCUT2D eigenvalue weighted by Gasteiger charge is -2.29. The van der Waals surface area contributed by atoms with Crippen molar-refractivity contribution in [3.05, 3.63) is 42.1 Å². The van der Waals surface area contributed by atoms with Crippen molar-refractivity contribution in [2.45, 2.75) is 25.3 Å². The number of carbonyl (C=O) groups excluding carboxylic acids is 2. The molecule has 1 N–H and O–H groups in total. The average Bonchev–Trinajstić information content (AvgIpc) is 2.83. The van der Waals surface area contributed by atoms with Gasteiger partial charge in [0.15, 0.2) is 0 Å². The zero-order valence-corrected chi connectivity index (χ0v) is 10.6. The van der Waals surface area contributed by atoms with Gasteiger partial charge >= 0.3 is 0 Å². The fourth-order valence-electron chi connectivity index (χ4n) is 2.63. The summed E-state index contributed by atoms with van der Waals surface area (Å²) in [6.45, 7) is 0.559. The van der Waals surface area contributed by atoms with Crippen molar-refractivity contribution >= 4 is 17.4 Å². The average molecular weight is 256 g/mol. The molecule has 1 atom stereocenters. The molecule has 2 aliphatic heterocycles. The van der Waals surface area contributed by atoms with Crippen LogP contribution in [0.2, 0.25) is 0 Å². The first kappa shape index (κ1) is 12.0. The summed E-state index contributed by atoms with van der Waals surface area (Å²) in [6, 6.07) is 10.1. The number of carbonyl (C=O) groups is 2. The van der Waals surface area contributed by atoms with Gasteiger partial charge in [-0.3, -0.25) is 9.59 Å². The topological polar surface area (TPSA) is 49.4 Å². The van der Waals surface area contributed by atoms with E-state index in [0.29, 0.717) is 19.4 Å². The largest absolute Gasteiger partial charge is 0.354 e. The van der Waals surface area contributed by atoms with Crippen LogP contribution in [0.5, 0.6) is 0 Å². The molecule has 19 heavy (non-hydrogen) atoms. The maximum atomic E-state index is 12.1. The molecule has 0 bridgehead atoms. The van der Waals surface area contributed by atoms with Crippen molar-refractivity contribution in [2.75, 3.05) is 6.54 Å². The highest BCUT2D eigenvalue weighted by Crippen LogP contribution is 2.28. The SMILES string of the molecule is O=C1CCC(N2C=C(c3ccccc3)CC2=O)CN1. The van der Waals surface area contributed by atoms with E-state index in [1.54, 1.807) is 4.90 Å². The fourth-order valence-corrected chi connectivity index (χ4v) is 2.63. The third kappa shape index (κ3) is 2.38. The summed E-state index contributed by atoms with van der Waals surface area (Å²) in [5, 5.41) is 2.82. The van der Waals surface area contributed by atoms with E-state index in [1.165, 1.54) is 0 Å². The molecule has 2 heterocycles. The molecule has 0 saturated carbocycles. The van der Waals surface area contributed by atoms with Crippen LogP contribution in [0, 0.1) is 0 Å². The molecule has 2 aliphatic rings. The molecular weight excluding hydrogens is 240 g/mol. The van der Waals surface area contributed by atoms with Crippen LogP contribution in [0.25, 0.3) is 5.57 Å². The quantitative estimate of drug-likeness (QED) is 0.872. The third-order valence-corrected chi connectivity index (χ3v) is 3.70. The van der Waals surface area contributed by atoms with Gasteiger partial charge in [-0.05, 0) is 17.6 Å². The molecule has 0 aliphatic carbocycles. The molecule has 1 aromatic rings. The van der Waals surface area contributed by atoms with E-state index in [2.05, 4.69) is 5.32 Å². The normalized spacial score (nSPS) is 23.3. The van der Waals surface area contributed by atoms with Crippen LogP contribution >= 0.6 is 0 Å². The maximum absolute atomic E-state index is 12.1. The Balaban J connectivity index is 1.78. The summed E-state index contributed by atoms with van der Waals surface area (Å²) in [5.74, 6) is 0.204. The number of hydrogen-bond donors (Lipinski definition) is 1. The number of benzene rings is 1. The lowest BCUT2D eigenvalue weighted by Crippen LogP contribution is -2.46. The van der Waals surface area contributed by atoms with Crippen molar-refractivity contribution in [1.82, 2.24) is 10.2 Å². The highest BCUT2D eigenvalue weighted by molar-refractivity contribution is 5.95. The van der Waals surface area contributed by atoms with Crippen LogP contribution in [0.1, 0.15) is 24.8 Å². The smallest absolute Gasteiger partial charge is 0.231 e. The first-order valence-electron chi connectivity index (χ1n) is 6.58. The van der Waals surface area contributed by atoms with Crippen LogP contribution in [0.15, 0.2) is 36.5 Å². The van der Waals surface area contributed by atoms with Gasteiger partial charge in [0.25, 0.3) is 0 Å². The van der Waals surface area contributed by atoms with Gasteiger partial charge in [-0.15, -0.1) is 0 Å². The Kier molecular flexibility index (Phi) is 3.07. The summed E-state index contributed by atoms with van der Waals surface area (Å²) in [7, 11) is 0. The summed E-state index contributed by atoms with van der Waals surface area (Å²) < 4.78 is 0. The molecule has 0 radical (unpaired) electrons. The van der Waals surface area contributed by atoms with Crippen molar-refractivity contribution < 1.29 is 9.59 Å². The zero-order valence-electron chi connectivity index (χ0n) is 10.6. The van der Waals surface area contributed by atoms with Gasteiger partial charge in [0.1, 0.15) is 0 Å². The molecule has 2 amide bonds. The van der Waals surface area contributed by atoms with Crippen molar-refractivity contribution in [1.29, 1.82) is 0 Å². The Hall–Kier alpha value is -2.10. The van der Waals surface area contributed by atoms with Gasteiger partial charge in [0.05, 0.1) is 12.5 Å². The van der Waals surface area contributed by atoms with E-state index in [4.69, 9.17) is 0 Å².